The molecule has 2 unspecified atom stereocenters. The first-order valence-electron chi connectivity index (χ1n) is 7.40. The van der Waals surface area contributed by atoms with Gasteiger partial charge < -0.3 is 10.6 Å². The summed E-state index contributed by atoms with van der Waals surface area (Å²) in [6.45, 7) is 0. The summed E-state index contributed by atoms with van der Waals surface area (Å²) >= 11 is 0. The number of non-ortho nitro benzene ring substituents is 1. The number of piperidine rings is 1. The molecule has 2 saturated heterocycles. The number of rotatable bonds is 4. The Morgan fingerprint density at radius 1 is 1.24 bits per heavy atom. The van der Waals surface area contributed by atoms with E-state index in [-0.39, 0.29) is 11.6 Å². The summed E-state index contributed by atoms with van der Waals surface area (Å²) in [4.78, 5) is 22.2. The fraction of sp³-hybridized carbons (Fsp3) is 0.533. The van der Waals surface area contributed by atoms with Gasteiger partial charge >= 0.3 is 0 Å². The number of carbonyl (C=O) groups excluding carboxylic acids is 1. The van der Waals surface area contributed by atoms with Gasteiger partial charge in [0.1, 0.15) is 0 Å². The largest absolute Gasteiger partial charge is 0.326 e. The van der Waals surface area contributed by atoms with Crippen molar-refractivity contribution in [3.8, 4) is 0 Å². The van der Waals surface area contributed by atoms with Gasteiger partial charge in [-0.15, -0.1) is 0 Å². The molecule has 1 aromatic carbocycles. The third-order valence-electron chi connectivity index (χ3n) is 4.41. The maximum Gasteiger partial charge on any atom is 0.269 e. The van der Waals surface area contributed by atoms with E-state index in [9.17, 15) is 14.9 Å². The molecule has 6 heteroatoms. The molecule has 0 aromatic heterocycles. The molecule has 0 aliphatic carbocycles. The van der Waals surface area contributed by atoms with E-state index in [2.05, 4.69) is 10.6 Å². The second-order valence-electron chi connectivity index (χ2n) is 6.03. The smallest absolute Gasteiger partial charge is 0.269 e. The van der Waals surface area contributed by atoms with Crippen LogP contribution in [0.1, 0.15) is 32.1 Å². The Labute approximate surface area is 123 Å². The number of nitro benzene ring substituents is 1. The van der Waals surface area contributed by atoms with E-state index in [0.717, 1.165) is 12.8 Å². The Kier molecular flexibility index (Phi) is 3.88. The minimum atomic E-state index is -0.448. The van der Waals surface area contributed by atoms with E-state index in [0.29, 0.717) is 30.1 Å². The number of nitrogens with one attached hydrogen (secondary N) is 2. The zero-order valence-corrected chi connectivity index (χ0v) is 11.7. The topological polar surface area (TPSA) is 84.3 Å². The first-order valence-corrected chi connectivity index (χ1v) is 7.40. The molecule has 0 saturated carbocycles. The molecule has 2 aliphatic rings. The predicted molar refractivity (Wildman–Crippen MR) is 79.0 cm³/mol. The van der Waals surface area contributed by atoms with Crippen LogP contribution in [-0.2, 0) is 4.79 Å². The average molecular weight is 289 g/mol. The molecular formula is C15H19N3O3. The molecule has 2 heterocycles. The highest BCUT2D eigenvalue weighted by Crippen LogP contribution is 2.32. The zero-order chi connectivity index (χ0) is 14.8. The van der Waals surface area contributed by atoms with Crippen LogP contribution in [0.15, 0.2) is 24.3 Å². The zero-order valence-electron chi connectivity index (χ0n) is 11.7. The lowest BCUT2D eigenvalue weighted by atomic mass is 9.89. The van der Waals surface area contributed by atoms with Gasteiger partial charge in [0.2, 0.25) is 5.91 Å². The first-order chi connectivity index (χ1) is 10.1. The number of carbonyl (C=O) groups is 1. The van der Waals surface area contributed by atoms with Crippen molar-refractivity contribution in [1.82, 2.24) is 5.32 Å². The second-order valence-corrected chi connectivity index (χ2v) is 6.03. The minimum Gasteiger partial charge on any atom is -0.326 e. The lowest BCUT2D eigenvalue weighted by molar-refractivity contribution is -0.384. The molecule has 1 amide bonds. The monoisotopic (exact) mass is 289 g/mol. The molecule has 0 spiro atoms. The van der Waals surface area contributed by atoms with E-state index in [1.165, 1.54) is 25.0 Å². The van der Waals surface area contributed by atoms with Gasteiger partial charge in [0.15, 0.2) is 0 Å². The number of nitrogens with zero attached hydrogens (tertiary/aromatic N) is 1. The van der Waals surface area contributed by atoms with E-state index in [4.69, 9.17) is 0 Å². The van der Waals surface area contributed by atoms with Gasteiger partial charge in [-0.3, -0.25) is 14.9 Å². The van der Waals surface area contributed by atoms with Crippen molar-refractivity contribution in [1.29, 1.82) is 0 Å². The van der Waals surface area contributed by atoms with E-state index in [1.807, 2.05) is 0 Å². The predicted octanol–water partition coefficient (Wildman–Crippen LogP) is 2.45. The summed E-state index contributed by atoms with van der Waals surface area (Å²) in [7, 11) is 0. The molecule has 2 aliphatic heterocycles. The average Bonchev–Trinajstić information content (AvgIpc) is 2.78. The summed E-state index contributed by atoms with van der Waals surface area (Å²) in [6, 6.07) is 7.12. The fourth-order valence-corrected chi connectivity index (χ4v) is 3.48. The van der Waals surface area contributed by atoms with Crippen molar-refractivity contribution in [2.24, 2.45) is 5.92 Å². The number of hydrogen-bond acceptors (Lipinski definition) is 4. The molecule has 2 fully saturated rings. The van der Waals surface area contributed by atoms with Crippen molar-refractivity contribution < 1.29 is 9.72 Å². The molecule has 2 bridgehead atoms. The Morgan fingerprint density at radius 3 is 2.43 bits per heavy atom. The highest BCUT2D eigenvalue weighted by molar-refractivity contribution is 5.90. The molecule has 21 heavy (non-hydrogen) atoms. The van der Waals surface area contributed by atoms with Crippen LogP contribution in [0.25, 0.3) is 0 Å². The lowest BCUT2D eigenvalue weighted by Crippen LogP contribution is -2.39. The van der Waals surface area contributed by atoms with Crippen molar-refractivity contribution in [3.05, 3.63) is 34.4 Å². The van der Waals surface area contributed by atoms with E-state index in [1.54, 1.807) is 12.1 Å². The van der Waals surface area contributed by atoms with Gasteiger partial charge in [0, 0.05) is 36.3 Å². The van der Waals surface area contributed by atoms with Crippen LogP contribution >= 0.6 is 0 Å². The molecular weight excluding hydrogens is 270 g/mol. The standard InChI is InChI=1S/C15H19N3O3/c19-15(9-10-7-12-1-2-13(8-10)16-12)17-11-3-5-14(6-4-11)18(20)21/h3-6,10,12-13,16H,1-2,7-9H2,(H,17,19). The second kappa shape index (κ2) is 5.81. The van der Waals surface area contributed by atoms with Crippen molar-refractivity contribution >= 4 is 17.3 Å². The Morgan fingerprint density at radius 2 is 1.86 bits per heavy atom. The quantitative estimate of drug-likeness (QED) is 0.658. The van der Waals surface area contributed by atoms with Crippen LogP contribution in [0.3, 0.4) is 0 Å². The first kappa shape index (κ1) is 14.0. The number of fused-ring (bicyclic) bond motifs is 2. The van der Waals surface area contributed by atoms with Crippen molar-refractivity contribution in [2.75, 3.05) is 5.32 Å². The maximum atomic E-state index is 12.1. The molecule has 2 atom stereocenters. The lowest BCUT2D eigenvalue weighted by Gasteiger charge is -2.28. The Hall–Kier alpha value is -1.95. The number of nitro groups is 1. The van der Waals surface area contributed by atoms with Gasteiger partial charge in [0.05, 0.1) is 4.92 Å². The summed E-state index contributed by atoms with van der Waals surface area (Å²) in [6.07, 6.45) is 5.14. The third kappa shape index (κ3) is 3.39. The number of hydrogen-bond donors (Lipinski definition) is 2. The van der Waals surface area contributed by atoms with Gasteiger partial charge in [-0.1, -0.05) is 0 Å². The highest BCUT2D eigenvalue weighted by atomic mass is 16.6. The van der Waals surface area contributed by atoms with E-state index < -0.39 is 4.92 Å². The third-order valence-corrected chi connectivity index (χ3v) is 4.41. The molecule has 1 aromatic rings. The van der Waals surface area contributed by atoms with Crippen LogP contribution in [-0.4, -0.2) is 22.9 Å². The van der Waals surface area contributed by atoms with Gasteiger partial charge in [-0.2, -0.15) is 0 Å². The van der Waals surface area contributed by atoms with Crippen molar-refractivity contribution in [2.45, 2.75) is 44.2 Å². The van der Waals surface area contributed by atoms with Gasteiger partial charge in [-0.05, 0) is 43.7 Å². The molecule has 0 radical (unpaired) electrons. The van der Waals surface area contributed by atoms with Gasteiger partial charge in [-0.25, -0.2) is 0 Å². The number of amides is 1. The molecule has 2 N–H and O–H groups in total. The Bertz CT molecular complexity index is 532. The summed E-state index contributed by atoms with van der Waals surface area (Å²) < 4.78 is 0. The van der Waals surface area contributed by atoms with Crippen LogP contribution in [0, 0.1) is 16.0 Å². The van der Waals surface area contributed by atoms with Crippen LogP contribution in [0.4, 0.5) is 11.4 Å². The SMILES string of the molecule is O=C(CC1CC2CCC(C1)N2)Nc1ccc([N+](=O)[O-])cc1. The minimum absolute atomic E-state index is 0.00449. The normalized spacial score (nSPS) is 27.3. The number of anilines is 1. The molecule has 6 nitrogen and oxygen atoms in total. The fourth-order valence-electron chi connectivity index (χ4n) is 3.48. The summed E-state index contributed by atoms with van der Waals surface area (Å²) in [5.74, 6) is 0.442. The summed E-state index contributed by atoms with van der Waals surface area (Å²) in [5, 5.41) is 17.0. The van der Waals surface area contributed by atoms with E-state index >= 15 is 0 Å². The molecule has 3 rings (SSSR count). The van der Waals surface area contributed by atoms with Crippen LogP contribution in [0.2, 0.25) is 0 Å². The van der Waals surface area contributed by atoms with Crippen LogP contribution in [0.5, 0.6) is 0 Å². The summed E-state index contributed by atoms with van der Waals surface area (Å²) in [5.41, 5.74) is 0.644. The highest BCUT2D eigenvalue weighted by Gasteiger charge is 2.34. The maximum absolute atomic E-state index is 12.1. The molecule has 112 valence electrons. The Balaban J connectivity index is 1.53. The van der Waals surface area contributed by atoms with Crippen LogP contribution < -0.4 is 10.6 Å². The van der Waals surface area contributed by atoms with Gasteiger partial charge in [0.25, 0.3) is 5.69 Å². The van der Waals surface area contributed by atoms with Crippen molar-refractivity contribution in [3.63, 3.8) is 0 Å². The number of benzene rings is 1.